The van der Waals surface area contributed by atoms with E-state index in [1.807, 2.05) is 36.3 Å². The van der Waals surface area contributed by atoms with Crippen LogP contribution in [0.4, 0.5) is 0 Å². The fourth-order valence-electron chi connectivity index (χ4n) is 4.59. The molecule has 2 aliphatic rings. The number of nitrogens with zero attached hydrogens (tertiary/aromatic N) is 3. The van der Waals surface area contributed by atoms with E-state index in [1.165, 1.54) is 32.1 Å². The minimum atomic E-state index is 0.0506. The Morgan fingerprint density at radius 2 is 1.90 bits per heavy atom. The third-order valence-electron chi connectivity index (χ3n) is 6.57. The van der Waals surface area contributed by atoms with E-state index in [0.29, 0.717) is 12.1 Å². The van der Waals surface area contributed by atoms with Crippen molar-refractivity contribution in [3.63, 3.8) is 0 Å². The lowest BCUT2D eigenvalue weighted by Gasteiger charge is -2.31. The summed E-state index contributed by atoms with van der Waals surface area (Å²) >= 11 is 0. The molecule has 30 heavy (non-hydrogen) atoms. The van der Waals surface area contributed by atoms with Gasteiger partial charge in [-0.1, -0.05) is 49.6 Å². The zero-order valence-corrected chi connectivity index (χ0v) is 17.6. The van der Waals surface area contributed by atoms with E-state index in [1.54, 1.807) is 0 Å². The summed E-state index contributed by atoms with van der Waals surface area (Å²) in [6, 6.07) is 13.2. The quantitative estimate of drug-likeness (QED) is 0.568. The van der Waals surface area contributed by atoms with Crippen molar-refractivity contribution in [3.05, 3.63) is 48.8 Å². The molecule has 5 nitrogen and oxygen atoms in total. The zero-order valence-electron chi connectivity index (χ0n) is 17.6. The molecular weight excluding hydrogens is 374 g/mol. The van der Waals surface area contributed by atoms with Gasteiger partial charge in [-0.25, -0.2) is 0 Å². The lowest BCUT2D eigenvalue weighted by atomic mass is 9.94. The number of carbonyl (C=O) groups is 1. The number of hydrogen-bond acceptors (Lipinski definition) is 3. The smallest absolute Gasteiger partial charge is 0.260 e. The van der Waals surface area contributed by atoms with Crippen molar-refractivity contribution in [3.8, 4) is 16.9 Å². The molecule has 2 aliphatic carbocycles. The van der Waals surface area contributed by atoms with Crippen LogP contribution in [-0.4, -0.2) is 40.3 Å². The van der Waals surface area contributed by atoms with Gasteiger partial charge in [-0.2, -0.15) is 5.10 Å². The Hall–Kier alpha value is -2.82. The second-order valence-electron chi connectivity index (χ2n) is 8.69. The molecule has 0 radical (unpaired) electrons. The maximum Gasteiger partial charge on any atom is 0.260 e. The first-order chi connectivity index (χ1) is 14.7. The Balaban J connectivity index is 1.41. The van der Waals surface area contributed by atoms with E-state index in [0.717, 1.165) is 40.5 Å². The summed E-state index contributed by atoms with van der Waals surface area (Å²) < 4.78 is 8.19. The molecule has 5 heteroatoms. The molecule has 0 spiro atoms. The van der Waals surface area contributed by atoms with Gasteiger partial charge in [0.25, 0.3) is 5.91 Å². The normalized spacial score (nSPS) is 17.2. The van der Waals surface area contributed by atoms with Crippen molar-refractivity contribution in [2.24, 2.45) is 0 Å². The summed E-state index contributed by atoms with van der Waals surface area (Å²) in [5, 5.41) is 6.85. The maximum absolute atomic E-state index is 12.8. The number of ether oxygens (including phenoxy) is 1. The van der Waals surface area contributed by atoms with Crippen LogP contribution in [0.1, 0.15) is 51.0 Å². The van der Waals surface area contributed by atoms with E-state index >= 15 is 0 Å². The van der Waals surface area contributed by atoms with Gasteiger partial charge in [0, 0.05) is 30.4 Å². The average Bonchev–Trinajstić information content (AvgIpc) is 3.54. The van der Waals surface area contributed by atoms with E-state index in [-0.39, 0.29) is 12.5 Å². The van der Waals surface area contributed by atoms with Crippen LogP contribution in [0.2, 0.25) is 0 Å². The van der Waals surface area contributed by atoms with Gasteiger partial charge in [0.2, 0.25) is 0 Å². The SMILES string of the molecule is CN(C(=O)COc1ccc2ccccc2c1-c1cnn(C2CC2)c1)C1CCCCC1. The Kier molecular flexibility index (Phi) is 5.19. The Morgan fingerprint density at radius 3 is 2.70 bits per heavy atom. The fraction of sp³-hybridized carbons (Fsp3) is 0.440. The Morgan fingerprint density at radius 1 is 1.10 bits per heavy atom. The Bertz CT molecular complexity index is 1050. The van der Waals surface area contributed by atoms with Gasteiger partial charge in [-0.05, 0) is 42.5 Å². The van der Waals surface area contributed by atoms with Crippen LogP contribution in [0.15, 0.2) is 48.8 Å². The highest BCUT2D eigenvalue weighted by molar-refractivity contribution is 5.99. The number of benzene rings is 2. The van der Waals surface area contributed by atoms with Crippen molar-refractivity contribution >= 4 is 16.7 Å². The number of carbonyl (C=O) groups excluding carboxylic acids is 1. The second-order valence-corrected chi connectivity index (χ2v) is 8.69. The lowest BCUT2D eigenvalue weighted by molar-refractivity contribution is -0.134. The van der Waals surface area contributed by atoms with Crippen LogP contribution in [0, 0.1) is 0 Å². The van der Waals surface area contributed by atoms with Crippen LogP contribution < -0.4 is 4.74 Å². The van der Waals surface area contributed by atoms with Crippen LogP contribution in [0.5, 0.6) is 5.75 Å². The molecule has 2 saturated carbocycles. The maximum atomic E-state index is 12.8. The van der Waals surface area contributed by atoms with Crippen molar-refractivity contribution in [2.45, 2.75) is 57.0 Å². The molecule has 3 aromatic rings. The summed E-state index contributed by atoms with van der Waals surface area (Å²) in [7, 11) is 1.92. The van der Waals surface area contributed by atoms with E-state index < -0.39 is 0 Å². The van der Waals surface area contributed by atoms with Gasteiger partial charge in [0.1, 0.15) is 5.75 Å². The van der Waals surface area contributed by atoms with E-state index in [2.05, 4.69) is 34.2 Å². The van der Waals surface area contributed by atoms with Crippen molar-refractivity contribution in [2.75, 3.05) is 13.7 Å². The number of hydrogen-bond donors (Lipinski definition) is 0. The molecule has 5 rings (SSSR count). The average molecular weight is 404 g/mol. The number of amides is 1. The first-order valence-electron chi connectivity index (χ1n) is 11.2. The molecule has 1 amide bonds. The largest absolute Gasteiger partial charge is 0.483 e. The Labute approximate surface area is 177 Å². The zero-order chi connectivity index (χ0) is 20.5. The molecule has 1 heterocycles. The number of rotatable bonds is 6. The summed E-state index contributed by atoms with van der Waals surface area (Å²) in [6.45, 7) is 0.0646. The molecule has 0 atom stereocenters. The highest BCUT2D eigenvalue weighted by Gasteiger charge is 2.26. The van der Waals surface area contributed by atoms with Gasteiger partial charge in [0.15, 0.2) is 6.61 Å². The molecule has 0 aliphatic heterocycles. The summed E-state index contributed by atoms with van der Waals surface area (Å²) in [6.07, 6.45) is 12.3. The monoisotopic (exact) mass is 403 g/mol. The predicted molar refractivity (Wildman–Crippen MR) is 119 cm³/mol. The topological polar surface area (TPSA) is 47.4 Å². The summed E-state index contributed by atoms with van der Waals surface area (Å²) in [5.41, 5.74) is 2.06. The predicted octanol–water partition coefficient (Wildman–Crippen LogP) is 5.21. The van der Waals surface area contributed by atoms with Gasteiger partial charge in [-0.3, -0.25) is 9.48 Å². The fourth-order valence-corrected chi connectivity index (χ4v) is 4.59. The summed E-state index contributed by atoms with van der Waals surface area (Å²) in [4.78, 5) is 14.7. The van der Waals surface area contributed by atoms with Crippen LogP contribution in [0.25, 0.3) is 21.9 Å². The standard InChI is InChI=1S/C25H29N3O2/c1-27(20-8-3-2-4-9-20)24(29)17-30-23-14-11-18-7-5-6-10-22(18)25(23)19-15-26-28(16-19)21-12-13-21/h5-7,10-11,14-16,20-21H,2-4,8-9,12-13,17H2,1H3. The van der Waals surface area contributed by atoms with Crippen LogP contribution in [0.3, 0.4) is 0 Å². The van der Waals surface area contributed by atoms with E-state index in [4.69, 9.17) is 4.74 Å². The second kappa shape index (κ2) is 8.13. The molecule has 2 fully saturated rings. The minimum absolute atomic E-state index is 0.0506. The van der Waals surface area contributed by atoms with Crippen molar-refractivity contribution in [1.29, 1.82) is 0 Å². The first kappa shape index (κ1) is 19.2. The van der Waals surface area contributed by atoms with Gasteiger partial charge >= 0.3 is 0 Å². The van der Waals surface area contributed by atoms with Gasteiger partial charge in [-0.15, -0.1) is 0 Å². The molecule has 2 aromatic carbocycles. The highest BCUT2D eigenvalue weighted by atomic mass is 16.5. The first-order valence-corrected chi connectivity index (χ1v) is 11.2. The van der Waals surface area contributed by atoms with E-state index in [9.17, 15) is 4.79 Å². The minimum Gasteiger partial charge on any atom is -0.483 e. The number of likely N-dealkylation sites (N-methyl/N-ethyl adjacent to an activating group) is 1. The molecule has 156 valence electrons. The number of fused-ring (bicyclic) bond motifs is 1. The highest BCUT2D eigenvalue weighted by Crippen LogP contribution is 2.40. The molecule has 1 aromatic heterocycles. The molecule has 0 bridgehead atoms. The van der Waals surface area contributed by atoms with Crippen LogP contribution >= 0.6 is 0 Å². The lowest BCUT2D eigenvalue weighted by Crippen LogP contribution is -2.40. The van der Waals surface area contributed by atoms with Gasteiger partial charge in [0.05, 0.1) is 12.2 Å². The molecule has 0 saturated heterocycles. The van der Waals surface area contributed by atoms with Gasteiger partial charge < -0.3 is 9.64 Å². The van der Waals surface area contributed by atoms with Crippen molar-refractivity contribution < 1.29 is 9.53 Å². The number of aromatic nitrogens is 2. The molecule has 0 unspecified atom stereocenters. The third kappa shape index (κ3) is 3.81. The molecular formula is C25H29N3O2. The summed E-state index contributed by atoms with van der Waals surface area (Å²) in [5.74, 6) is 0.795. The third-order valence-corrected chi connectivity index (χ3v) is 6.57. The van der Waals surface area contributed by atoms with Crippen molar-refractivity contribution in [1.82, 2.24) is 14.7 Å². The molecule has 0 N–H and O–H groups in total. The van der Waals surface area contributed by atoms with Crippen LogP contribution in [-0.2, 0) is 4.79 Å².